The predicted octanol–water partition coefficient (Wildman–Crippen LogP) is 3.95. The number of nitrogens with two attached hydrogens (primary N) is 1. The molecule has 7 heteroatoms. The monoisotopic (exact) mass is 374 g/mol. The first-order chi connectivity index (χ1) is 11.1. The number of pyridine rings is 1. The third-order valence-electron chi connectivity index (χ3n) is 3.04. The molecule has 2 N–H and O–H groups in total. The maximum Gasteiger partial charge on any atom is 0.249 e. The topological polar surface area (TPSA) is 83.2 Å². The number of benzene rings is 1. The van der Waals surface area contributed by atoms with E-state index in [1.807, 2.05) is 38.1 Å². The lowest BCUT2D eigenvalue weighted by Gasteiger charge is -2.13. The number of aromatic nitrogens is 3. The Morgan fingerprint density at radius 2 is 1.87 bits per heavy atom. The lowest BCUT2D eigenvalue weighted by Crippen LogP contribution is -2.10. The molecule has 0 saturated carbocycles. The van der Waals surface area contributed by atoms with Gasteiger partial charge < -0.3 is 15.2 Å². The van der Waals surface area contributed by atoms with Crippen LogP contribution in [0.15, 0.2) is 41.3 Å². The number of anilines is 1. The molecule has 0 radical (unpaired) electrons. The number of fused-ring (bicyclic) bond motifs is 1. The second-order valence-corrected chi connectivity index (χ2v) is 5.97. The van der Waals surface area contributed by atoms with Crippen molar-refractivity contribution in [1.82, 2.24) is 15.0 Å². The molecule has 6 nitrogen and oxygen atoms in total. The lowest BCUT2D eigenvalue weighted by molar-refractivity contribution is 0.233. The standard InChI is InChI=1S/C16H15BrN4O2/c1-9(2)22-15-13(18)16(21-8-20-15)23-12-6-5-11(17)10-4-3-7-19-14(10)12/h3-9H,18H2,1-2H3. The highest BCUT2D eigenvalue weighted by molar-refractivity contribution is 9.10. The molecule has 1 aromatic carbocycles. The molecule has 0 aliphatic carbocycles. The number of hydrogen-bond donors (Lipinski definition) is 1. The van der Waals surface area contributed by atoms with E-state index >= 15 is 0 Å². The summed E-state index contributed by atoms with van der Waals surface area (Å²) in [5.41, 5.74) is 7.02. The average molecular weight is 375 g/mol. The fourth-order valence-electron chi connectivity index (χ4n) is 2.06. The summed E-state index contributed by atoms with van der Waals surface area (Å²) in [6.07, 6.45) is 3.02. The van der Waals surface area contributed by atoms with Crippen LogP contribution in [-0.2, 0) is 0 Å². The Morgan fingerprint density at radius 3 is 2.65 bits per heavy atom. The van der Waals surface area contributed by atoms with E-state index in [1.165, 1.54) is 6.33 Å². The van der Waals surface area contributed by atoms with Gasteiger partial charge in [-0.25, -0.2) is 0 Å². The van der Waals surface area contributed by atoms with Crippen molar-refractivity contribution in [3.8, 4) is 17.5 Å². The Labute approximate surface area is 141 Å². The van der Waals surface area contributed by atoms with Gasteiger partial charge in [-0.1, -0.05) is 22.0 Å². The van der Waals surface area contributed by atoms with Crippen LogP contribution in [0.2, 0.25) is 0 Å². The molecule has 0 atom stereocenters. The SMILES string of the molecule is CC(C)Oc1ncnc(Oc2ccc(Br)c3cccnc23)c1N. The van der Waals surface area contributed by atoms with Crippen molar-refractivity contribution < 1.29 is 9.47 Å². The summed E-state index contributed by atoms with van der Waals surface area (Å²) in [4.78, 5) is 12.5. The Balaban J connectivity index is 2.02. The highest BCUT2D eigenvalue weighted by Gasteiger charge is 2.15. The van der Waals surface area contributed by atoms with Crippen LogP contribution < -0.4 is 15.2 Å². The maximum absolute atomic E-state index is 6.05. The number of rotatable bonds is 4. The summed E-state index contributed by atoms with van der Waals surface area (Å²) < 4.78 is 12.3. The smallest absolute Gasteiger partial charge is 0.249 e. The molecular formula is C16H15BrN4O2. The molecule has 0 bridgehead atoms. The highest BCUT2D eigenvalue weighted by Crippen LogP contribution is 2.35. The van der Waals surface area contributed by atoms with Gasteiger partial charge in [0.15, 0.2) is 11.4 Å². The van der Waals surface area contributed by atoms with E-state index in [0.717, 1.165) is 9.86 Å². The summed E-state index contributed by atoms with van der Waals surface area (Å²) >= 11 is 3.50. The first-order valence-corrected chi connectivity index (χ1v) is 7.83. The van der Waals surface area contributed by atoms with Gasteiger partial charge in [0.25, 0.3) is 0 Å². The van der Waals surface area contributed by atoms with Gasteiger partial charge in [0.2, 0.25) is 11.8 Å². The molecule has 0 unspecified atom stereocenters. The summed E-state index contributed by atoms with van der Waals surface area (Å²) in [6.45, 7) is 3.79. The molecule has 3 aromatic rings. The fourth-order valence-corrected chi connectivity index (χ4v) is 2.51. The van der Waals surface area contributed by atoms with E-state index in [1.54, 1.807) is 6.20 Å². The normalized spacial score (nSPS) is 11.0. The van der Waals surface area contributed by atoms with Gasteiger partial charge >= 0.3 is 0 Å². The molecule has 23 heavy (non-hydrogen) atoms. The van der Waals surface area contributed by atoms with E-state index < -0.39 is 0 Å². The third-order valence-corrected chi connectivity index (χ3v) is 3.74. The van der Waals surface area contributed by atoms with E-state index in [0.29, 0.717) is 17.1 Å². The van der Waals surface area contributed by atoms with Crippen LogP contribution in [-0.4, -0.2) is 21.1 Å². The Morgan fingerprint density at radius 1 is 1.09 bits per heavy atom. The van der Waals surface area contributed by atoms with Crippen molar-refractivity contribution in [2.45, 2.75) is 20.0 Å². The van der Waals surface area contributed by atoms with E-state index in [4.69, 9.17) is 15.2 Å². The van der Waals surface area contributed by atoms with Gasteiger partial charge in [0, 0.05) is 16.1 Å². The molecule has 2 heterocycles. The van der Waals surface area contributed by atoms with Crippen LogP contribution in [0.5, 0.6) is 17.5 Å². The summed E-state index contributed by atoms with van der Waals surface area (Å²) in [6, 6.07) is 7.52. The van der Waals surface area contributed by atoms with Crippen molar-refractivity contribution in [3.63, 3.8) is 0 Å². The number of nitrogens with zero attached hydrogens (tertiary/aromatic N) is 3. The zero-order valence-corrected chi connectivity index (χ0v) is 14.2. The van der Waals surface area contributed by atoms with E-state index in [2.05, 4.69) is 30.9 Å². The third kappa shape index (κ3) is 3.19. The van der Waals surface area contributed by atoms with Crippen LogP contribution in [0.1, 0.15) is 13.8 Å². The molecule has 0 aliphatic rings. The van der Waals surface area contributed by atoms with Crippen LogP contribution in [0.25, 0.3) is 10.9 Å². The second kappa shape index (κ2) is 6.37. The van der Waals surface area contributed by atoms with Gasteiger partial charge in [-0.3, -0.25) is 4.98 Å². The van der Waals surface area contributed by atoms with Gasteiger partial charge in [0.05, 0.1) is 6.10 Å². The van der Waals surface area contributed by atoms with Crippen molar-refractivity contribution in [3.05, 3.63) is 41.3 Å². The number of hydrogen-bond acceptors (Lipinski definition) is 6. The predicted molar refractivity (Wildman–Crippen MR) is 91.7 cm³/mol. The minimum absolute atomic E-state index is 0.0461. The van der Waals surface area contributed by atoms with Crippen LogP contribution in [0.3, 0.4) is 0 Å². The van der Waals surface area contributed by atoms with Crippen LogP contribution >= 0.6 is 15.9 Å². The van der Waals surface area contributed by atoms with Gasteiger partial charge in [0.1, 0.15) is 11.8 Å². The van der Waals surface area contributed by atoms with Crippen LogP contribution in [0.4, 0.5) is 5.69 Å². The van der Waals surface area contributed by atoms with Gasteiger partial charge in [-0.05, 0) is 32.0 Å². The second-order valence-electron chi connectivity index (χ2n) is 5.11. The molecule has 0 fully saturated rings. The molecule has 0 spiro atoms. The zero-order chi connectivity index (χ0) is 16.4. The molecular weight excluding hydrogens is 360 g/mol. The average Bonchev–Trinajstić information content (AvgIpc) is 2.53. The molecule has 2 aromatic heterocycles. The number of halogens is 1. The molecule has 0 amide bonds. The zero-order valence-electron chi connectivity index (χ0n) is 12.7. The Kier molecular flexibility index (Phi) is 4.29. The quantitative estimate of drug-likeness (QED) is 0.744. The minimum atomic E-state index is -0.0461. The molecule has 118 valence electrons. The molecule has 0 saturated heterocycles. The van der Waals surface area contributed by atoms with Gasteiger partial charge in [-0.15, -0.1) is 0 Å². The highest BCUT2D eigenvalue weighted by atomic mass is 79.9. The minimum Gasteiger partial charge on any atom is -0.473 e. The first-order valence-electron chi connectivity index (χ1n) is 7.04. The maximum atomic E-state index is 6.05. The number of ether oxygens (including phenoxy) is 2. The van der Waals surface area contributed by atoms with E-state index in [9.17, 15) is 0 Å². The summed E-state index contributed by atoms with van der Waals surface area (Å²) in [7, 11) is 0. The van der Waals surface area contributed by atoms with Crippen molar-refractivity contribution in [1.29, 1.82) is 0 Å². The number of nitrogen functional groups attached to an aromatic ring is 1. The van der Waals surface area contributed by atoms with Crippen molar-refractivity contribution in [2.24, 2.45) is 0 Å². The Hall–Kier alpha value is -2.41. The molecule has 3 rings (SSSR count). The van der Waals surface area contributed by atoms with Crippen LogP contribution in [0, 0.1) is 0 Å². The summed E-state index contributed by atoms with van der Waals surface area (Å²) in [5, 5.41) is 0.941. The fraction of sp³-hybridized carbons (Fsp3) is 0.188. The Bertz CT molecular complexity index is 855. The van der Waals surface area contributed by atoms with Crippen molar-refractivity contribution in [2.75, 3.05) is 5.73 Å². The molecule has 0 aliphatic heterocycles. The van der Waals surface area contributed by atoms with Gasteiger partial charge in [-0.2, -0.15) is 9.97 Å². The van der Waals surface area contributed by atoms with E-state index in [-0.39, 0.29) is 17.7 Å². The van der Waals surface area contributed by atoms with Crippen molar-refractivity contribution >= 4 is 32.5 Å². The largest absolute Gasteiger partial charge is 0.473 e. The first kappa shape index (κ1) is 15.5. The lowest BCUT2D eigenvalue weighted by atomic mass is 10.2. The summed E-state index contributed by atoms with van der Waals surface area (Å²) in [5.74, 6) is 1.11.